The number of aromatic nitrogens is 2. The number of benzene rings is 2. The van der Waals surface area contributed by atoms with Crippen molar-refractivity contribution in [3.8, 4) is 0 Å². The first-order chi connectivity index (χ1) is 15.0. The monoisotopic (exact) mass is 432 g/mol. The molecule has 2 aromatic carbocycles. The number of rotatable bonds is 5. The van der Waals surface area contributed by atoms with Crippen LogP contribution in [0.15, 0.2) is 79.3 Å². The Bertz CT molecular complexity index is 1280. The Hall–Kier alpha value is -3.97. The summed E-state index contributed by atoms with van der Waals surface area (Å²) in [6, 6.07) is 17.0. The fraction of sp³-hybridized carbons (Fsp3) is 0.0435. The van der Waals surface area contributed by atoms with Gasteiger partial charge in [-0.1, -0.05) is 41.9 Å². The smallest absolute Gasteiger partial charge is 0.304 e. The first kappa shape index (κ1) is 20.3. The predicted octanol–water partition coefficient (Wildman–Crippen LogP) is 3.30. The van der Waals surface area contributed by atoms with Gasteiger partial charge in [-0.25, -0.2) is 0 Å². The van der Waals surface area contributed by atoms with Gasteiger partial charge in [-0.05, 0) is 35.9 Å². The van der Waals surface area contributed by atoms with Crippen molar-refractivity contribution in [2.45, 2.75) is 6.54 Å². The van der Waals surface area contributed by atoms with Crippen LogP contribution >= 0.6 is 11.6 Å². The van der Waals surface area contributed by atoms with Gasteiger partial charge in [-0.2, -0.15) is 0 Å². The van der Waals surface area contributed by atoms with Crippen LogP contribution in [0.4, 0.5) is 10.5 Å². The van der Waals surface area contributed by atoms with Gasteiger partial charge in [-0.15, -0.1) is 0 Å². The van der Waals surface area contributed by atoms with Crippen molar-refractivity contribution in [3.05, 3.63) is 95.4 Å². The summed E-state index contributed by atoms with van der Waals surface area (Å²) < 4.78 is 1.83. The quantitative estimate of drug-likeness (QED) is 0.356. The summed E-state index contributed by atoms with van der Waals surface area (Å²) >= 11 is 5.95. The van der Waals surface area contributed by atoms with E-state index in [-0.39, 0.29) is 11.3 Å². The number of Topliss-reactive ketones (excluding diaryl/α,β-unsaturated/α-hetero) is 1. The molecule has 2 aromatic heterocycles. The van der Waals surface area contributed by atoms with Crippen LogP contribution in [0.1, 0.15) is 15.9 Å². The van der Waals surface area contributed by atoms with Gasteiger partial charge in [0.15, 0.2) is 0 Å². The zero-order valence-electron chi connectivity index (χ0n) is 16.1. The molecule has 0 saturated carbocycles. The summed E-state index contributed by atoms with van der Waals surface area (Å²) in [7, 11) is 0. The van der Waals surface area contributed by atoms with Crippen molar-refractivity contribution >= 4 is 46.0 Å². The number of ketones is 1. The van der Waals surface area contributed by atoms with E-state index in [1.54, 1.807) is 30.5 Å². The molecule has 0 aliphatic rings. The summed E-state index contributed by atoms with van der Waals surface area (Å²) in [5.41, 5.74) is 1.77. The van der Waals surface area contributed by atoms with Crippen LogP contribution in [0.25, 0.3) is 10.9 Å². The van der Waals surface area contributed by atoms with E-state index in [0.29, 0.717) is 21.9 Å². The normalized spacial score (nSPS) is 10.7. The van der Waals surface area contributed by atoms with Crippen molar-refractivity contribution in [2.24, 2.45) is 0 Å². The van der Waals surface area contributed by atoms with Gasteiger partial charge in [0.05, 0.1) is 11.3 Å². The molecular weight excluding hydrogens is 418 g/mol. The minimum atomic E-state index is -1.80. The molecule has 31 heavy (non-hydrogen) atoms. The molecule has 0 N–H and O–H groups in total. The van der Waals surface area contributed by atoms with E-state index in [4.69, 9.17) is 11.6 Å². The van der Waals surface area contributed by atoms with Crippen LogP contribution in [-0.4, -0.2) is 27.3 Å². The first-order valence-electron chi connectivity index (χ1n) is 9.28. The Morgan fingerprint density at radius 2 is 1.65 bits per heavy atom. The molecule has 0 spiro atoms. The second-order valence-electron chi connectivity index (χ2n) is 6.76. The number of fused-ring (bicyclic) bond motifs is 1. The van der Waals surface area contributed by atoms with Crippen LogP contribution in [0.2, 0.25) is 5.02 Å². The van der Waals surface area contributed by atoms with Gasteiger partial charge in [0.2, 0.25) is 0 Å². The maximum Gasteiger partial charge on any atom is 0.304 e. The molecule has 0 saturated heterocycles. The highest BCUT2D eigenvalue weighted by atomic mass is 35.5. The highest BCUT2D eigenvalue weighted by Gasteiger charge is 2.28. The molecule has 2 amide bonds. The number of carbonyl (C=O) groups is 3. The summed E-state index contributed by atoms with van der Waals surface area (Å²) in [6.45, 7) is 0.438. The highest BCUT2D eigenvalue weighted by molar-refractivity contribution is 6.51. The minimum Gasteiger partial charge on any atom is -0.529 e. The van der Waals surface area contributed by atoms with Gasteiger partial charge in [0.1, 0.15) is 6.09 Å². The third kappa shape index (κ3) is 4.04. The van der Waals surface area contributed by atoms with Crippen molar-refractivity contribution in [3.63, 3.8) is 0 Å². The SMILES string of the molecule is O=C(C(=O)N(C(=O)[O-])c1ccncc1)c1cn(Cc2ccc(Cl)cc2)c2ccccc12. The molecule has 0 fully saturated rings. The van der Waals surface area contributed by atoms with Crippen molar-refractivity contribution in [1.29, 1.82) is 0 Å². The summed E-state index contributed by atoms with van der Waals surface area (Å²) in [5, 5.41) is 12.8. The predicted molar refractivity (Wildman–Crippen MR) is 114 cm³/mol. The zero-order valence-corrected chi connectivity index (χ0v) is 16.8. The molecule has 0 atom stereocenters. The lowest BCUT2D eigenvalue weighted by atomic mass is 10.1. The Kier molecular flexibility index (Phi) is 5.51. The number of nitrogens with zero attached hydrogens (tertiary/aromatic N) is 3. The third-order valence-corrected chi connectivity index (χ3v) is 5.05. The van der Waals surface area contributed by atoms with Gasteiger partial charge in [0.25, 0.3) is 5.78 Å². The van der Waals surface area contributed by atoms with Gasteiger partial charge < -0.3 is 14.5 Å². The van der Waals surface area contributed by atoms with E-state index in [1.807, 2.05) is 28.8 Å². The number of halogens is 1. The second kappa shape index (κ2) is 8.41. The lowest BCUT2D eigenvalue weighted by Crippen LogP contribution is -2.48. The molecule has 8 heteroatoms. The molecule has 2 heterocycles. The molecule has 4 aromatic rings. The molecule has 0 radical (unpaired) electrons. The van der Waals surface area contributed by atoms with E-state index in [2.05, 4.69) is 4.98 Å². The average Bonchev–Trinajstić information content (AvgIpc) is 3.14. The number of hydrogen-bond acceptors (Lipinski definition) is 5. The number of imide groups is 1. The van der Waals surface area contributed by atoms with E-state index in [9.17, 15) is 19.5 Å². The maximum atomic E-state index is 13.1. The van der Waals surface area contributed by atoms with E-state index in [1.165, 1.54) is 24.5 Å². The average molecular weight is 433 g/mol. The Labute approximate surface area is 182 Å². The van der Waals surface area contributed by atoms with Crippen molar-refractivity contribution in [1.82, 2.24) is 9.55 Å². The number of pyridine rings is 1. The molecule has 0 aliphatic heterocycles. The highest BCUT2D eigenvalue weighted by Crippen LogP contribution is 2.25. The topological polar surface area (TPSA) is 95.3 Å². The Balaban J connectivity index is 1.73. The Morgan fingerprint density at radius 1 is 0.968 bits per heavy atom. The first-order valence-corrected chi connectivity index (χ1v) is 9.65. The van der Waals surface area contributed by atoms with Gasteiger partial charge >= 0.3 is 5.91 Å². The molecule has 4 rings (SSSR count). The summed E-state index contributed by atoms with van der Waals surface area (Å²) in [4.78, 5) is 41.6. The fourth-order valence-electron chi connectivity index (χ4n) is 3.36. The Morgan fingerprint density at radius 3 is 2.32 bits per heavy atom. The van der Waals surface area contributed by atoms with Crippen LogP contribution in [-0.2, 0) is 11.3 Å². The van der Waals surface area contributed by atoms with Crippen molar-refractivity contribution in [2.75, 3.05) is 4.90 Å². The lowest BCUT2D eigenvalue weighted by Gasteiger charge is -2.21. The standard InChI is InChI=1S/C23H16ClN3O4/c24-16-7-5-15(6-8-16)13-26-14-19(18-3-1-2-4-20(18)26)21(28)22(29)27(23(30)31)17-9-11-25-12-10-17/h1-12,14H,13H2,(H,30,31)/p-1. The largest absolute Gasteiger partial charge is 0.529 e. The third-order valence-electron chi connectivity index (χ3n) is 4.80. The van der Waals surface area contributed by atoms with E-state index < -0.39 is 17.8 Å². The number of hydrogen-bond donors (Lipinski definition) is 0. The molecule has 0 aliphatic carbocycles. The summed E-state index contributed by atoms with van der Waals surface area (Å²) in [5.74, 6) is -2.17. The van der Waals surface area contributed by atoms with Crippen LogP contribution in [0, 0.1) is 0 Å². The number of carbonyl (C=O) groups excluding carboxylic acids is 3. The lowest BCUT2D eigenvalue weighted by molar-refractivity contribution is -0.245. The fourth-order valence-corrected chi connectivity index (χ4v) is 3.49. The van der Waals surface area contributed by atoms with Gasteiger partial charge in [-0.3, -0.25) is 19.5 Å². The molecule has 0 unspecified atom stereocenters. The summed E-state index contributed by atoms with van der Waals surface area (Å²) in [6.07, 6.45) is 2.40. The minimum absolute atomic E-state index is 0.0155. The second-order valence-corrected chi connectivity index (χ2v) is 7.19. The number of carboxylic acid groups (broad SMARTS) is 1. The van der Waals surface area contributed by atoms with Crippen LogP contribution < -0.4 is 10.0 Å². The van der Waals surface area contributed by atoms with E-state index in [0.717, 1.165) is 11.1 Å². The van der Waals surface area contributed by atoms with Crippen LogP contribution in [0.5, 0.6) is 0 Å². The molecule has 0 bridgehead atoms. The van der Waals surface area contributed by atoms with Crippen molar-refractivity contribution < 1.29 is 19.5 Å². The van der Waals surface area contributed by atoms with E-state index >= 15 is 0 Å². The van der Waals surface area contributed by atoms with Gasteiger partial charge in [0, 0.05) is 41.1 Å². The number of amides is 2. The van der Waals surface area contributed by atoms with Crippen LogP contribution in [0.3, 0.4) is 0 Å². The molecular formula is C23H15ClN3O4-. The number of para-hydroxylation sites is 1. The maximum absolute atomic E-state index is 13.1. The molecule has 154 valence electrons. The molecule has 7 nitrogen and oxygen atoms in total. The number of anilines is 1. The zero-order chi connectivity index (χ0) is 22.0.